The number of cyclic esters (lactones) is 1. The molecule has 1 aromatic carbocycles. The van der Waals surface area contributed by atoms with Gasteiger partial charge in [0, 0.05) is 30.5 Å². The molecule has 2 amide bonds. The number of carbonyl (C=O) groups excluding carboxylic acids is 3. The average molecular weight is 442 g/mol. The van der Waals surface area contributed by atoms with Crippen LogP contribution in [0.25, 0.3) is 0 Å². The van der Waals surface area contributed by atoms with Gasteiger partial charge in [0.1, 0.15) is 17.2 Å². The van der Waals surface area contributed by atoms with Crippen LogP contribution in [0, 0.1) is 0 Å². The van der Waals surface area contributed by atoms with Crippen molar-refractivity contribution in [3.8, 4) is 5.75 Å². The highest BCUT2D eigenvalue weighted by atomic mass is 32.1. The molecule has 3 aliphatic rings. The largest absolute Gasteiger partial charge is 0.490 e. The minimum atomic E-state index is -0.761. The number of nitrogens with one attached hydrogen (secondary N) is 2. The maximum atomic E-state index is 12.5. The second-order valence-corrected chi connectivity index (χ2v) is 9.45. The van der Waals surface area contributed by atoms with Crippen LogP contribution in [0.4, 0.5) is 16.5 Å². The summed E-state index contributed by atoms with van der Waals surface area (Å²) in [6.45, 7) is 5.02. The van der Waals surface area contributed by atoms with Gasteiger partial charge in [-0.15, -0.1) is 0 Å². The maximum absolute atomic E-state index is 12.5. The van der Waals surface area contributed by atoms with Gasteiger partial charge in [0.15, 0.2) is 11.2 Å². The van der Waals surface area contributed by atoms with Crippen LogP contribution in [0.5, 0.6) is 5.75 Å². The lowest BCUT2D eigenvalue weighted by atomic mass is 9.94. The number of esters is 1. The summed E-state index contributed by atoms with van der Waals surface area (Å²) in [7, 11) is 0. The Labute approximate surface area is 182 Å². The van der Waals surface area contributed by atoms with Gasteiger partial charge < -0.3 is 25.0 Å². The minimum Gasteiger partial charge on any atom is -0.490 e. The van der Waals surface area contributed by atoms with E-state index in [1.165, 1.54) is 11.3 Å². The Hall–Kier alpha value is -3.14. The second-order valence-electron chi connectivity index (χ2n) is 8.48. The van der Waals surface area contributed by atoms with Crippen LogP contribution in [-0.2, 0) is 20.7 Å². The molecule has 1 atom stereocenters. The van der Waals surface area contributed by atoms with Gasteiger partial charge in [0.25, 0.3) is 11.8 Å². The first-order chi connectivity index (χ1) is 14.8. The van der Waals surface area contributed by atoms with Crippen LogP contribution in [0.1, 0.15) is 42.1 Å². The minimum absolute atomic E-state index is 0.101. The van der Waals surface area contributed by atoms with Crippen LogP contribution in [0.15, 0.2) is 18.2 Å². The molecule has 10 heteroatoms. The van der Waals surface area contributed by atoms with E-state index in [0.717, 1.165) is 16.5 Å². The molecule has 0 radical (unpaired) electrons. The molecule has 1 aromatic heterocycles. The first-order valence-electron chi connectivity index (χ1n) is 10.2. The van der Waals surface area contributed by atoms with Crippen LogP contribution in [-0.4, -0.2) is 47.6 Å². The zero-order chi connectivity index (χ0) is 21.8. The van der Waals surface area contributed by atoms with Gasteiger partial charge in [-0.3, -0.25) is 14.4 Å². The Balaban J connectivity index is 1.42. The molecule has 3 aliphatic heterocycles. The molecule has 5 rings (SSSR count). The van der Waals surface area contributed by atoms with Crippen LogP contribution >= 0.6 is 11.3 Å². The van der Waals surface area contributed by atoms with Gasteiger partial charge in [-0.25, -0.2) is 4.98 Å². The Morgan fingerprint density at radius 3 is 2.97 bits per heavy atom. The van der Waals surface area contributed by atoms with Crippen LogP contribution < -0.4 is 20.3 Å². The molecule has 4 heterocycles. The lowest BCUT2D eigenvalue weighted by molar-refractivity contribution is -0.146. The number of hydrogen-bond donors (Lipinski definition) is 2. The highest BCUT2D eigenvalue weighted by Gasteiger charge is 2.35. The van der Waals surface area contributed by atoms with Gasteiger partial charge in [-0.1, -0.05) is 11.3 Å². The molecular formula is C21H22N4O5S. The number of aromatic nitrogens is 1. The number of carbonyl (C=O) groups is 3. The van der Waals surface area contributed by atoms with E-state index in [1.54, 1.807) is 12.1 Å². The van der Waals surface area contributed by atoms with E-state index in [2.05, 4.69) is 10.6 Å². The highest BCUT2D eigenvalue weighted by Crippen LogP contribution is 2.41. The Bertz CT molecular complexity index is 1100. The third-order valence-electron chi connectivity index (χ3n) is 5.45. The van der Waals surface area contributed by atoms with Gasteiger partial charge in [0.05, 0.1) is 17.9 Å². The van der Waals surface area contributed by atoms with E-state index in [0.29, 0.717) is 42.3 Å². The summed E-state index contributed by atoms with van der Waals surface area (Å²) in [6, 6.07) is 5.36. The number of rotatable bonds is 3. The SMILES string of the molecule is CC1(C)Cc2nc(N3CCOc4ccc(NC(=O)[C@@H]5CCC(=O)O5)cc43)sc2C(=O)N1. The van der Waals surface area contributed by atoms with Gasteiger partial charge in [-0.05, 0) is 32.0 Å². The van der Waals surface area contributed by atoms with Gasteiger partial charge in [-0.2, -0.15) is 0 Å². The average Bonchev–Trinajstić information content (AvgIpc) is 3.33. The number of thiazole rings is 1. The van der Waals surface area contributed by atoms with E-state index in [-0.39, 0.29) is 29.7 Å². The molecule has 0 bridgehead atoms. The number of anilines is 3. The predicted octanol–water partition coefficient (Wildman–Crippen LogP) is 2.38. The van der Waals surface area contributed by atoms with E-state index in [1.807, 2.05) is 24.8 Å². The summed E-state index contributed by atoms with van der Waals surface area (Å²) < 4.78 is 10.8. The van der Waals surface area contributed by atoms with Crippen molar-refractivity contribution in [1.29, 1.82) is 0 Å². The van der Waals surface area contributed by atoms with Gasteiger partial charge >= 0.3 is 5.97 Å². The fourth-order valence-corrected chi connectivity index (χ4v) is 5.02. The monoisotopic (exact) mass is 442 g/mol. The molecule has 0 unspecified atom stereocenters. The number of hydrogen-bond acceptors (Lipinski definition) is 8. The third-order valence-corrected chi connectivity index (χ3v) is 6.57. The molecule has 2 aromatic rings. The van der Waals surface area contributed by atoms with Crippen LogP contribution in [0.2, 0.25) is 0 Å². The van der Waals surface area contributed by atoms with Crippen molar-refractivity contribution < 1.29 is 23.9 Å². The first-order valence-corrected chi connectivity index (χ1v) is 11.0. The van der Waals surface area contributed by atoms with E-state index in [9.17, 15) is 14.4 Å². The topological polar surface area (TPSA) is 110 Å². The van der Waals surface area contributed by atoms with Crippen molar-refractivity contribution >= 4 is 45.6 Å². The normalized spacial score (nSPS) is 21.5. The molecule has 9 nitrogen and oxygen atoms in total. The summed E-state index contributed by atoms with van der Waals surface area (Å²) in [5.74, 6) is -0.132. The molecule has 0 saturated carbocycles. The van der Waals surface area contributed by atoms with E-state index >= 15 is 0 Å². The Morgan fingerprint density at radius 1 is 1.35 bits per heavy atom. The highest BCUT2D eigenvalue weighted by molar-refractivity contribution is 7.17. The predicted molar refractivity (Wildman–Crippen MR) is 114 cm³/mol. The number of benzene rings is 1. The molecule has 0 spiro atoms. The molecular weight excluding hydrogens is 420 g/mol. The van der Waals surface area contributed by atoms with E-state index in [4.69, 9.17) is 14.5 Å². The van der Waals surface area contributed by atoms with Crippen molar-refractivity contribution in [2.75, 3.05) is 23.4 Å². The fraction of sp³-hybridized carbons (Fsp3) is 0.429. The molecule has 2 N–H and O–H groups in total. The first kappa shape index (κ1) is 19.8. The summed E-state index contributed by atoms with van der Waals surface area (Å²) in [5, 5.41) is 6.54. The lowest BCUT2D eigenvalue weighted by Gasteiger charge is -2.30. The standard InChI is InChI=1S/C21H22N4O5S/c1-21(2)10-12-17(19(28)24-21)31-20(23-12)25-7-8-29-14-4-3-11(9-13(14)25)22-18(27)15-5-6-16(26)30-15/h3-4,9,15H,5-8,10H2,1-2H3,(H,22,27)(H,24,28)/t15-/m0/s1. The van der Waals surface area contributed by atoms with Gasteiger partial charge in [0.2, 0.25) is 0 Å². The Kier molecular flexibility index (Phi) is 4.62. The maximum Gasteiger partial charge on any atom is 0.306 e. The summed E-state index contributed by atoms with van der Waals surface area (Å²) >= 11 is 1.36. The van der Waals surface area contributed by atoms with Crippen molar-refractivity contribution in [3.05, 3.63) is 28.8 Å². The smallest absolute Gasteiger partial charge is 0.306 e. The number of ether oxygens (including phenoxy) is 2. The zero-order valence-corrected chi connectivity index (χ0v) is 18.0. The molecule has 0 aliphatic carbocycles. The number of amides is 2. The summed E-state index contributed by atoms with van der Waals surface area (Å²) in [4.78, 5) is 43.6. The molecule has 1 saturated heterocycles. The van der Waals surface area contributed by atoms with Crippen LogP contribution in [0.3, 0.4) is 0 Å². The number of fused-ring (bicyclic) bond motifs is 2. The number of nitrogens with zero attached hydrogens (tertiary/aromatic N) is 2. The quantitative estimate of drug-likeness (QED) is 0.703. The fourth-order valence-electron chi connectivity index (χ4n) is 4.01. The lowest BCUT2D eigenvalue weighted by Crippen LogP contribution is -2.48. The van der Waals surface area contributed by atoms with Crippen molar-refractivity contribution in [2.45, 2.75) is 44.8 Å². The van der Waals surface area contributed by atoms with Crippen molar-refractivity contribution in [1.82, 2.24) is 10.3 Å². The summed E-state index contributed by atoms with van der Waals surface area (Å²) in [5.41, 5.74) is 1.80. The van der Waals surface area contributed by atoms with Crippen molar-refractivity contribution in [3.63, 3.8) is 0 Å². The zero-order valence-electron chi connectivity index (χ0n) is 17.2. The molecule has 162 valence electrons. The molecule has 1 fully saturated rings. The second kappa shape index (κ2) is 7.23. The summed E-state index contributed by atoms with van der Waals surface area (Å²) in [6.07, 6.45) is 0.540. The van der Waals surface area contributed by atoms with Crippen molar-refractivity contribution in [2.24, 2.45) is 0 Å². The molecule has 31 heavy (non-hydrogen) atoms. The Morgan fingerprint density at radius 2 is 2.19 bits per heavy atom. The third kappa shape index (κ3) is 3.71. The van der Waals surface area contributed by atoms with E-state index < -0.39 is 6.10 Å².